The first kappa shape index (κ1) is 15.2. The highest BCUT2D eigenvalue weighted by molar-refractivity contribution is 9.10. The lowest BCUT2D eigenvalue weighted by Crippen LogP contribution is -2.34. The SMILES string of the molecule is CCS(=O)(=O)C(Cl)(Cl)[C@@H](O)c1ccc(Br)cc1. The third-order valence-electron chi connectivity index (χ3n) is 2.30. The van der Waals surface area contributed by atoms with Gasteiger partial charge in [0.25, 0.3) is 0 Å². The van der Waals surface area contributed by atoms with Crippen LogP contribution in [0.3, 0.4) is 0 Å². The van der Waals surface area contributed by atoms with Crippen LogP contribution in [0.15, 0.2) is 28.7 Å². The summed E-state index contributed by atoms with van der Waals surface area (Å²) < 4.78 is 21.9. The molecule has 0 aliphatic carbocycles. The summed E-state index contributed by atoms with van der Waals surface area (Å²) in [5, 5.41) is 9.95. The summed E-state index contributed by atoms with van der Waals surface area (Å²) in [5.41, 5.74) is 0.343. The minimum atomic E-state index is -3.79. The van der Waals surface area contributed by atoms with Crippen molar-refractivity contribution in [3.8, 4) is 0 Å². The van der Waals surface area contributed by atoms with E-state index in [1.54, 1.807) is 24.3 Å². The van der Waals surface area contributed by atoms with Crippen LogP contribution >= 0.6 is 39.1 Å². The van der Waals surface area contributed by atoms with Crippen molar-refractivity contribution < 1.29 is 13.5 Å². The van der Waals surface area contributed by atoms with E-state index in [2.05, 4.69) is 15.9 Å². The molecule has 0 saturated carbocycles. The number of rotatable bonds is 4. The van der Waals surface area contributed by atoms with Crippen molar-refractivity contribution in [2.45, 2.75) is 16.7 Å². The summed E-state index contributed by atoms with van der Waals surface area (Å²) in [6.45, 7) is 1.42. The van der Waals surface area contributed by atoms with Gasteiger partial charge in [-0.1, -0.05) is 58.2 Å². The largest absolute Gasteiger partial charge is 0.384 e. The molecule has 0 radical (unpaired) electrons. The van der Waals surface area contributed by atoms with E-state index in [1.807, 2.05) is 0 Å². The van der Waals surface area contributed by atoms with Gasteiger partial charge in [-0.15, -0.1) is 0 Å². The second kappa shape index (κ2) is 5.45. The molecule has 0 spiro atoms. The number of aliphatic hydroxyl groups is 1. The van der Waals surface area contributed by atoms with Crippen molar-refractivity contribution in [1.29, 1.82) is 0 Å². The Morgan fingerprint density at radius 2 is 1.82 bits per heavy atom. The standard InChI is InChI=1S/C10H11BrCl2O3S/c1-2-17(15,16)10(12,13)9(14)7-3-5-8(11)6-4-7/h3-6,9,14H,2H2,1H3/t9-/m0/s1. The maximum Gasteiger partial charge on any atom is 0.247 e. The normalized spacial score (nSPS) is 14.6. The molecule has 7 heteroatoms. The van der Waals surface area contributed by atoms with Gasteiger partial charge in [0.15, 0.2) is 9.84 Å². The number of sulfone groups is 1. The van der Waals surface area contributed by atoms with Crippen LogP contribution < -0.4 is 0 Å². The highest BCUT2D eigenvalue weighted by Crippen LogP contribution is 2.41. The summed E-state index contributed by atoms with van der Waals surface area (Å²) in [7, 11) is -3.79. The molecule has 1 N–H and O–H groups in total. The van der Waals surface area contributed by atoms with Crippen LogP contribution in [-0.4, -0.2) is 22.9 Å². The average Bonchev–Trinajstić information content (AvgIpc) is 2.28. The zero-order chi connectivity index (χ0) is 13.3. The molecule has 0 unspecified atom stereocenters. The fraction of sp³-hybridized carbons (Fsp3) is 0.400. The third-order valence-corrected chi connectivity index (χ3v) is 6.46. The highest BCUT2D eigenvalue weighted by Gasteiger charge is 2.46. The summed E-state index contributed by atoms with van der Waals surface area (Å²) in [4.78, 5) is 0. The lowest BCUT2D eigenvalue weighted by molar-refractivity contribution is 0.181. The molecule has 96 valence electrons. The van der Waals surface area contributed by atoms with Crippen molar-refractivity contribution in [2.24, 2.45) is 0 Å². The van der Waals surface area contributed by atoms with E-state index < -0.39 is 19.6 Å². The maximum absolute atomic E-state index is 11.7. The molecule has 3 nitrogen and oxygen atoms in total. The van der Waals surface area contributed by atoms with Crippen LogP contribution in [0, 0.1) is 0 Å². The van der Waals surface area contributed by atoms with Crippen LogP contribution in [0.1, 0.15) is 18.6 Å². The van der Waals surface area contributed by atoms with E-state index in [9.17, 15) is 13.5 Å². The minimum absolute atomic E-state index is 0.242. The summed E-state index contributed by atoms with van der Waals surface area (Å²) in [6.07, 6.45) is -1.50. The Balaban J connectivity index is 3.12. The Bertz CT molecular complexity index is 485. The molecule has 0 aromatic heterocycles. The van der Waals surface area contributed by atoms with Crippen molar-refractivity contribution in [1.82, 2.24) is 0 Å². The van der Waals surface area contributed by atoms with Gasteiger partial charge in [0.05, 0.1) is 5.75 Å². The summed E-state index contributed by atoms with van der Waals surface area (Å²) in [5.74, 6) is -0.242. The van der Waals surface area contributed by atoms with Crippen LogP contribution in [0.5, 0.6) is 0 Å². The zero-order valence-electron chi connectivity index (χ0n) is 8.90. The molecule has 0 aliphatic heterocycles. The number of aliphatic hydroxyl groups excluding tert-OH is 1. The molecular weight excluding hydrogens is 351 g/mol. The number of halogens is 3. The predicted molar refractivity (Wildman–Crippen MR) is 73.0 cm³/mol. The van der Waals surface area contributed by atoms with Crippen molar-refractivity contribution >= 4 is 49.0 Å². The fourth-order valence-corrected chi connectivity index (χ4v) is 3.23. The van der Waals surface area contributed by atoms with E-state index >= 15 is 0 Å². The predicted octanol–water partition coefficient (Wildman–Crippen LogP) is 3.05. The van der Waals surface area contributed by atoms with E-state index in [1.165, 1.54) is 6.92 Å². The highest BCUT2D eigenvalue weighted by atomic mass is 79.9. The summed E-state index contributed by atoms with van der Waals surface area (Å²) in [6, 6.07) is 6.45. The van der Waals surface area contributed by atoms with Gasteiger partial charge in [-0.05, 0) is 17.7 Å². The lowest BCUT2D eigenvalue weighted by atomic mass is 10.1. The monoisotopic (exact) mass is 360 g/mol. The smallest absolute Gasteiger partial charge is 0.247 e. The van der Waals surface area contributed by atoms with E-state index in [-0.39, 0.29) is 5.75 Å². The molecule has 1 atom stereocenters. The molecule has 0 amide bonds. The van der Waals surface area contributed by atoms with Gasteiger partial charge in [0.1, 0.15) is 6.10 Å². The number of hydrogen-bond donors (Lipinski definition) is 1. The Labute approximate surface area is 119 Å². The molecule has 0 heterocycles. The first-order chi connectivity index (χ1) is 7.72. The maximum atomic E-state index is 11.7. The van der Waals surface area contributed by atoms with Gasteiger partial charge in [0.2, 0.25) is 3.67 Å². The van der Waals surface area contributed by atoms with Crippen molar-refractivity contribution in [3.05, 3.63) is 34.3 Å². The fourth-order valence-electron chi connectivity index (χ4n) is 1.20. The zero-order valence-corrected chi connectivity index (χ0v) is 12.8. The summed E-state index contributed by atoms with van der Waals surface area (Å²) >= 11 is 14.8. The lowest BCUT2D eigenvalue weighted by Gasteiger charge is -2.25. The molecule has 1 aromatic rings. The molecule has 17 heavy (non-hydrogen) atoms. The van der Waals surface area contributed by atoms with Crippen LogP contribution in [0.4, 0.5) is 0 Å². The minimum Gasteiger partial charge on any atom is -0.384 e. The van der Waals surface area contributed by atoms with Gasteiger partial charge < -0.3 is 5.11 Å². The Hall–Kier alpha value is 0.190. The number of benzene rings is 1. The molecule has 1 aromatic carbocycles. The first-order valence-corrected chi connectivity index (χ1v) is 7.96. The second-order valence-electron chi connectivity index (χ2n) is 3.42. The van der Waals surface area contributed by atoms with E-state index in [0.29, 0.717) is 5.56 Å². The topological polar surface area (TPSA) is 54.4 Å². The molecular formula is C10H11BrCl2O3S. The molecule has 0 saturated heterocycles. The van der Waals surface area contributed by atoms with Crippen molar-refractivity contribution in [2.75, 3.05) is 5.75 Å². The van der Waals surface area contributed by atoms with E-state index in [0.717, 1.165) is 4.47 Å². The molecule has 0 fully saturated rings. The first-order valence-electron chi connectivity index (χ1n) is 4.76. The van der Waals surface area contributed by atoms with Gasteiger partial charge in [-0.2, -0.15) is 0 Å². The van der Waals surface area contributed by atoms with Crippen molar-refractivity contribution in [3.63, 3.8) is 0 Å². The molecule has 0 aliphatic rings. The number of hydrogen-bond acceptors (Lipinski definition) is 3. The Kier molecular flexibility index (Phi) is 4.88. The van der Waals surface area contributed by atoms with Crippen LogP contribution in [0.25, 0.3) is 0 Å². The van der Waals surface area contributed by atoms with Crippen LogP contribution in [-0.2, 0) is 9.84 Å². The molecule has 1 rings (SSSR count). The average molecular weight is 362 g/mol. The third kappa shape index (κ3) is 3.15. The van der Waals surface area contributed by atoms with E-state index in [4.69, 9.17) is 23.2 Å². The number of alkyl halides is 2. The van der Waals surface area contributed by atoms with Gasteiger partial charge >= 0.3 is 0 Å². The molecule has 0 bridgehead atoms. The Morgan fingerprint density at radius 3 is 2.24 bits per heavy atom. The van der Waals surface area contributed by atoms with Gasteiger partial charge in [-0.3, -0.25) is 0 Å². The Morgan fingerprint density at radius 1 is 1.35 bits per heavy atom. The van der Waals surface area contributed by atoms with Crippen LogP contribution in [0.2, 0.25) is 0 Å². The second-order valence-corrected chi connectivity index (χ2v) is 8.62. The van der Waals surface area contributed by atoms with Gasteiger partial charge in [-0.25, -0.2) is 8.42 Å². The quantitative estimate of drug-likeness (QED) is 0.838. The van der Waals surface area contributed by atoms with Gasteiger partial charge in [0, 0.05) is 4.47 Å².